The van der Waals surface area contributed by atoms with E-state index in [0.717, 1.165) is 33.6 Å². The number of amides is 2. The quantitative estimate of drug-likeness (QED) is 0.459. The first kappa shape index (κ1) is 21.8. The third-order valence-corrected chi connectivity index (χ3v) is 5.84. The molecule has 156 valence electrons. The van der Waals surface area contributed by atoms with Gasteiger partial charge in [-0.25, -0.2) is 9.97 Å². The smallest absolute Gasteiger partial charge is 0.243 e. The fraction of sp³-hybridized carbons (Fsp3) is 0.304. The van der Waals surface area contributed by atoms with E-state index in [0.29, 0.717) is 5.82 Å². The van der Waals surface area contributed by atoms with Gasteiger partial charge in [-0.15, -0.1) is 0 Å². The number of para-hydroxylation sites is 2. The minimum atomic E-state index is -0.386. The van der Waals surface area contributed by atoms with E-state index >= 15 is 0 Å². The molecule has 3 rings (SSSR count). The highest BCUT2D eigenvalue weighted by Gasteiger charge is 2.22. The maximum absolute atomic E-state index is 12.9. The van der Waals surface area contributed by atoms with E-state index in [1.54, 1.807) is 7.05 Å². The number of carbonyl (C=O) groups excluding carboxylic acids is 2. The summed E-state index contributed by atoms with van der Waals surface area (Å²) in [6.07, 6.45) is 0.825. The first-order chi connectivity index (χ1) is 14.4. The molecule has 2 aromatic carbocycles. The van der Waals surface area contributed by atoms with Crippen LogP contribution in [0.4, 0.5) is 5.69 Å². The average Bonchev–Trinajstić information content (AvgIpc) is 2.73. The molecule has 0 bridgehead atoms. The zero-order chi connectivity index (χ0) is 21.7. The molecule has 1 N–H and O–H groups in total. The Bertz CT molecular complexity index is 1070. The third-order valence-electron chi connectivity index (χ3n) is 4.75. The topological polar surface area (TPSA) is 75.2 Å². The number of nitrogens with one attached hydrogen (secondary N) is 1. The van der Waals surface area contributed by atoms with Gasteiger partial charge in [-0.05, 0) is 38.0 Å². The molecular weight excluding hydrogens is 396 g/mol. The molecule has 1 heterocycles. The van der Waals surface area contributed by atoms with E-state index in [-0.39, 0.29) is 23.6 Å². The lowest BCUT2D eigenvalue weighted by Gasteiger charge is -2.21. The maximum atomic E-state index is 12.9. The number of thioether (sulfide) groups is 1. The molecule has 30 heavy (non-hydrogen) atoms. The zero-order valence-corrected chi connectivity index (χ0v) is 18.5. The normalized spacial score (nSPS) is 11.9. The lowest BCUT2D eigenvalue weighted by atomic mass is 10.1. The third kappa shape index (κ3) is 5.16. The van der Waals surface area contributed by atoms with Crippen molar-refractivity contribution in [2.24, 2.45) is 0 Å². The number of hydrogen-bond acceptors (Lipinski definition) is 5. The fourth-order valence-electron chi connectivity index (χ4n) is 3.21. The molecule has 0 radical (unpaired) electrons. The predicted octanol–water partition coefficient (Wildman–Crippen LogP) is 4.08. The van der Waals surface area contributed by atoms with E-state index in [1.165, 1.54) is 16.7 Å². The number of nitrogens with zero attached hydrogens (tertiary/aromatic N) is 3. The summed E-state index contributed by atoms with van der Waals surface area (Å²) < 4.78 is 0. The van der Waals surface area contributed by atoms with Crippen LogP contribution in [0.2, 0.25) is 0 Å². The molecule has 0 aliphatic rings. The lowest BCUT2D eigenvalue weighted by Crippen LogP contribution is -2.39. The van der Waals surface area contributed by atoms with E-state index in [9.17, 15) is 9.59 Å². The standard InChI is InChI=1S/C23H26N4O2S/c1-5-17-10-6-8-12-19(17)26-21(28)14-27(4)23(29)15(2)30-22-18-11-7-9-13-20(18)24-16(3)25-22/h6-13,15H,5,14H2,1-4H3,(H,26,28). The Morgan fingerprint density at radius 2 is 1.80 bits per heavy atom. The highest BCUT2D eigenvalue weighted by atomic mass is 32.2. The van der Waals surface area contributed by atoms with Crippen molar-refractivity contribution >= 4 is 40.2 Å². The Morgan fingerprint density at radius 1 is 1.10 bits per heavy atom. The SMILES string of the molecule is CCc1ccccc1NC(=O)CN(C)C(=O)C(C)Sc1nc(C)nc2ccccc12. The van der Waals surface area contributed by atoms with Gasteiger partial charge in [0.2, 0.25) is 11.8 Å². The van der Waals surface area contributed by atoms with E-state index in [4.69, 9.17) is 0 Å². The second-order valence-corrected chi connectivity index (χ2v) is 8.44. The van der Waals surface area contributed by atoms with Crippen molar-refractivity contribution in [3.63, 3.8) is 0 Å². The molecule has 1 aromatic heterocycles. The summed E-state index contributed by atoms with van der Waals surface area (Å²) in [6.45, 7) is 5.71. The van der Waals surface area contributed by atoms with Gasteiger partial charge in [0.15, 0.2) is 0 Å². The minimum absolute atomic E-state index is 0.00860. The molecule has 0 fully saturated rings. The average molecular weight is 423 g/mol. The van der Waals surface area contributed by atoms with Crippen LogP contribution >= 0.6 is 11.8 Å². The van der Waals surface area contributed by atoms with Crippen molar-refractivity contribution in [2.75, 3.05) is 18.9 Å². The van der Waals surface area contributed by atoms with Gasteiger partial charge < -0.3 is 10.2 Å². The van der Waals surface area contributed by atoms with Gasteiger partial charge in [-0.1, -0.05) is 55.1 Å². The summed E-state index contributed by atoms with van der Waals surface area (Å²) in [6, 6.07) is 15.4. The van der Waals surface area contributed by atoms with Gasteiger partial charge >= 0.3 is 0 Å². The van der Waals surface area contributed by atoms with Crippen molar-refractivity contribution in [3.05, 3.63) is 59.9 Å². The Hall–Kier alpha value is -2.93. The van der Waals surface area contributed by atoms with Crippen molar-refractivity contribution in [2.45, 2.75) is 37.5 Å². The lowest BCUT2D eigenvalue weighted by molar-refractivity contribution is -0.132. The van der Waals surface area contributed by atoms with Crippen LogP contribution in [0.15, 0.2) is 53.6 Å². The van der Waals surface area contributed by atoms with Gasteiger partial charge in [-0.3, -0.25) is 9.59 Å². The monoisotopic (exact) mass is 422 g/mol. The summed E-state index contributed by atoms with van der Waals surface area (Å²) >= 11 is 1.39. The number of carbonyl (C=O) groups is 2. The molecule has 0 spiro atoms. The van der Waals surface area contributed by atoms with Crippen LogP contribution in [0.25, 0.3) is 10.9 Å². The second kappa shape index (κ2) is 9.71. The number of hydrogen-bond donors (Lipinski definition) is 1. The molecule has 6 nitrogen and oxygen atoms in total. The number of anilines is 1. The van der Waals surface area contributed by atoms with Crippen LogP contribution in [0, 0.1) is 6.92 Å². The molecule has 1 unspecified atom stereocenters. The highest BCUT2D eigenvalue weighted by Crippen LogP contribution is 2.29. The molecule has 0 aliphatic heterocycles. The summed E-state index contributed by atoms with van der Waals surface area (Å²) in [5.41, 5.74) is 2.71. The van der Waals surface area contributed by atoms with Crippen molar-refractivity contribution in [3.8, 4) is 0 Å². The van der Waals surface area contributed by atoms with Crippen LogP contribution in [0.3, 0.4) is 0 Å². The van der Waals surface area contributed by atoms with E-state index in [1.807, 2.05) is 69.3 Å². The Labute approximate surface area is 181 Å². The number of rotatable bonds is 7. The Kier molecular flexibility index (Phi) is 7.05. The maximum Gasteiger partial charge on any atom is 0.243 e. The highest BCUT2D eigenvalue weighted by molar-refractivity contribution is 8.00. The number of benzene rings is 2. The van der Waals surface area contributed by atoms with E-state index < -0.39 is 0 Å². The van der Waals surface area contributed by atoms with Crippen molar-refractivity contribution in [1.82, 2.24) is 14.9 Å². The van der Waals surface area contributed by atoms with Gasteiger partial charge in [0, 0.05) is 18.1 Å². The predicted molar refractivity (Wildman–Crippen MR) is 122 cm³/mol. The first-order valence-corrected chi connectivity index (χ1v) is 10.8. The number of likely N-dealkylation sites (N-methyl/N-ethyl adjacent to an activating group) is 1. The molecule has 3 aromatic rings. The van der Waals surface area contributed by atoms with Gasteiger partial charge in [0.1, 0.15) is 10.9 Å². The summed E-state index contributed by atoms with van der Waals surface area (Å²) in [4.78, 5) is 35.7. The van der Waals surface area contributed by atoms with Crippen LogP contribution < -0.4 is 5.32 Å². The largest absolute Gasteiger partial charge is 0.335 e. The molecule has 0 aliphatic carbocycles. The number of aryl methyl sites for hydroxylation is 2. The van der Waals surface area contributed by atoms with Crippen LogP contribution in [0.5, 0.6) is 0 Å². The molecule has 7 heteroatoms. The van der Waals surface area contributed by atoms with Gasteiger partial charge in [0.25, 0.3) is 0 Å². The Balaban J connectivity index is 1.65. The summed E-state index contributed by atoms with van der Waals surface area (Å²) in [5, 5.41) is 4.21. The summed E-state index contributed by atoms with van der Waals surface area (Å²) in [5.74, 6) is 0.324. The fourth-order valence-corrected chi connectivity index (χ4v) is 4.31. The van der Waals surface area contributed by atoms with E-state index in [2.05, 4.69) is 15.3 Å². The van der Waals surface area contributed by atoms with Gasteiger partial charge in [-0.2, -0.15) is 0 Å². The molecule has 0 saturated heterocycles. The van der Waals surface area contributed by atoms with Crippen LogP contribution in [-0.2, 0) is 16.0 Å². The second-order valence-electron chi connectivity index (χ2n) is 7.11. The first-order valence-electron chi connectivity index (χ1n) is 9.91. The van der Waals surface area contributed by atoms with Gasteiger partial charge in [0.05, 0.1) is 17.3 Å². The minimum Gasteiger partial charge on any atom is -0.335 e. The van der Waals surface area contributed by atoms with Crippen molar-refractivity contribution < 1.29 is 9.59 Å². The molecule has 2 amide bonds. The van der Waals surface area contributed by atoms with Crippen molar-refractivity contribution in [1.29, 1.82) is 0 Å². The molecule has 0 saturated carbocycles. The number of aromatic nitrogens is 2. The molecular formula is C23H26N4O2S. The molecule has 1 atom stereocenters. The zero-order valence-electron chi connectivity index (χ0n) is 17.7. The van der Waals surface area contributed by atoms with Crippen LogP contribution in [-0.4, -0.2) is 45.5 Å². The number of fused-ring (bicyclic) bond motifs is 1. The summed E-state index contributed by atoms with van der Waals surface area (Å²) in [7, 11) is 1.65. The van der Waals surface area contributed by atoms with Crippen LogP contribution in [0.1, 0.15) is 25.2 Å². The Morgan fingerprint density at radius 3 is 2.57 bits per heavy atom.